The molecule has 0 aliphatic heterocycles. The van der Waals surface area contributed by atoms with Gasteiger partial charge in [0.05, 0.1) is 13.0 Å². The first kappa shape index (κ1) is 14.4. The van der Waals surface area contributed by atoms with Crippen LogP contribution in [0.3, 0.4) is 0 Å². The number of benzene rings is 1. The van der Waals surface area contributed by atoms with Crippen LogP contribution in [-0.2, 0) is 16.0 Å². The second kappa shape index (κ2) is 7.60. The predicted octanol–water partition coefficient (Wildman–Crippen LogP) is 1.21. The van der Waals surface area contributed by atoms with Gasteiger partial charge in [0.1, 0.15) is 6.61 Å². The SMILES string of the molecule is Nc1cccc(CC(=O)NCCOCC(F)F)c1. The topological polar surface area (TPSA) is 64.4 Å². The molecule has 3 N–H and O–H groups in total. The highest BCUT2D eigenvalue weighted by Gasteiger charge is 2.04. The van der Waals surface area contributed by atoms with E-state index in [-0.39, 0.29) is 25.5 Å². The molecule has 1 aromatic rings. The van der Waals surface area contributed by atoms with Gasteiger partial charge in [-0.25, -0.2) is 8.78 Å². The molecule has 0 heterocycles. The van der Waals surface area contributed by atoms with E-state index in [0.717, 1.165) is 5.56 Å². The number of halogens is 2. The van der Waals surface area contributed by atoms with Crippen LogP contribution >= 0.6 is 0 Å². The monoisotopic (exact) mass is 258 g/mol. The Morgan fingerprint density at radius 2 is 2.22 bits per heavy atom. The molecule has 0 unspecified atom stereocenters. The summed E-state index contributed by atoms with van der Waals surface area (Å²) in [5.74, 6) is -0.193. The molecule has 0 aromatic heterocycles. The number of ether oxygens (including phenoxy) is 1. The van der Waals surface area contributed by atoms with Crippen LogP contribution < -0.4 is 11.1 Å². The Kier molecular flexibility index (Phi) is 6.07. The van der Waals surface area contributed by atoms with Crippen LogP contribution in [0.2, 0.25) is 0 Å². The van der Waals surface area contributed by atoms with Crippen LogP contribution in [0.1, 0.15) is 5.56 Å². The van der Waals surface area contributed by atoms with E-state index in [9.17, 15) is 13.6 Å². The summed E-state index contributed by atoms with van der Waals surface area (Å²) in [6, 6.07) is 7.01. The number of nitrogen functional groups attached to an aromatic ring is 1. The molecular weight excluding hydrogens is 242 g/mol. The Balaban J connectivity index is 2.18. The van der Waals surface area contributed by atoms with Gasteiger partial charge in [-0.1, -0.05) is 12.1 Å². The summed E-state index contributed by atoms with van der Waals surface area (Å²) in [4.78, 5) is 11.5. The molecule has 0 aliphatic rings. The Labute approximate surface area is 104 Å². The van der Waals surface area contributed by atoms with Crippen LogP contribution in [0.25, 0.3) is 0 Å². The van der Waals surface area contributed by atoms with Crippen LogP contribution in [0.5, 0.6) is 0 Å². The summed E-state index contributed by atoms with van der Waals surface area (Å²) < 4.78 is 28.1. The molecule has 4 nitrogen and oxygen atoms in total. The van der Waals surface area contributed by atoms with E-state index in [2.05, 4.69) is 10.1 Å². The Morgan fingerprint density at radius 1 is 1.44 bits per heavy atom. The lowest BCUT2D eigenvalue weighted by molar-refractivity contribution is -0.120. The lowest BCUT2D eigenvalue weighted by Gasteiger charge is -2.06. The average molecular weight is 258 g/mol. The molecule has 1 amide bonds. The normalized spacial score (nSPS) is 10.6. The van der Waals surface area contributed by atoms with Crippen LogP contribution in [0.15, 0.2) is 24.3 Å². The van der Waals surface area contributed by atoms with Crippen LogP contribution in [0, 0.1) is 0 Å². The number of anilines is 1. The van der Waals surface area contributed by atoms with Gasteiger partial charge in [0.25, 0.3) is 6.43 Å². The third-order valence-electron chi connectivity index (χ3n) is 2.13. The van der Waals surface area contributed by atoms with Crippen molar-refractivity contribution in [3.63, 3.8) is 0 Å². The van der Waals surface area contributed by atoms with Gasteiger partial charge in [-0.15, -0.1) is 0 Å². The maximum Gasteiger partial charge on any atom is 0.261 e. The van der Waals surface area contributed by atoms with Crippen molar-refractivity contribution in [2.45, 2.75) is 12.8 Å². The van der Waals surface area contributed by atoms with Crippen molar-refractivity contribution >= 4 is 11.6 Å². The first-order valence-corrected chi connectivity index (χ1v) is 5.55. The molecule has 100 valence electrons. The molecule has 6 heteroatoms. The zero-order chi connectivity index (χ0) is 13.4. The molecule has 0 saturated heterocycles. The second-order valence-corrected chi connectivity index (χ2v) is 3.74. The molecule has 0 atom stereocenters. The van der Waals surface area contributed by atoms with Gasteiger partial charge >= 0.3 is 0 Å². The van der Waals surface area contributed by atoms with Crippen molar-refractivity contribution in [3.8, 4) is 0 Å². The number of hydrogen-bond acceptors (Lipinski definition) is 3. The highest BCUT2D eigenvalue weighted by Crippen LogP contribution is 2.06. The standard InChI is InChI=1S/C12H16F2N2O2/c13-11(14)8-18-5-4-16-12(17)7-9-2-1-3-10(15)6-9/h1-3,6,11H,4-5,7-8,15H2,(H,16,17). The quantitative estimate of drug-likeness (QED) is 0.570. The van der Waals surface area contributed by atoms with Gasteiger partial charge in [-0.3, -0.25) is 4.79 Å². The van der Waals surface area contributed by atoms with E-state index in [4.69, 9.17) is 5.73 Å². The number of rotatable bonds is 7. The molecule has 1 rings (SSSR count). The molecular formula is C12H16F2N2O2. The smallest absolute Gasteiger partial charge is 0.261 e. The fourth-order valence-electron chi connectivity index (χ4n) is 1.39. The minimum atomic E-state index is -2.48. The minimum Gasteiger partial charge on any atom is -0.399 e. The van der Waals surface area contributed by atoms with E-state index in [0.29, 0.717) is 5.69 Å². The minimum absolute atomic E-state index is 0.0764. The third-order valence-corrected chi connectivity index (χ3v) is 2.13. The summed E-state index contributed by atoms with van der Waals surface area (Å²) >= 11 is 0. The van der Waals surface area contributed by atoms with Crippen molar-refractivity contribution in [2.75, 3.05) is 25.5 Å². The lowest BCUT2D eigenvalue weighted by atomic mass is 10.1. The number of nitrogens with two attached hydrogens (primary N) is 1. The van der Waals surface area contributed by atoms with Gasteiger partial charge < -0.3 is 15.8 Å². The number of hydrogen-bond donors (Lipinski definition) is 2. The first-order valence-electron chi connectivity index (χ1n) is 5.55. The number of carbonyl (C=O) groups is 1. The van der Waals surface area contributed by atoms with E-state index < -0.39 is 13.0 Å². The summed E-state index contributed by atoms with van der Waals surface area (Å²) in [6.07, 6.45) is -2.27. The molecule has 0 fully saturated rings. The van der Waals surface area contributed by atoms with Gasteiger partial charge in [0.15, 0.2) is 0 Å². The molecule has 0 spiro atoms. The van der Waals surface area contributed by atoms with Gasteiger partial charge in [-0.2, -0.15) is 0 Å². The van der Waals surface area contributed by atoms with E-state index in [1.54, 1.807) is 24.3 Å². The van der Waals surface area contributed by atoms with Crippen molar-refractivity contribution < 1.29 is 18.3 Å². The first-order chi connectivity index (χ1) is 8.58. The van der Waals surface area contributed by atoms with E-state index in [1.807, 2.05) is 0 Å². The summed E-state index contributed by atoms with van der Waals surface area (Å²) in [5, 5.41) is 2.57. The fourth-order valence-corrected chi connectivity index (χ4v) is 1.39. The zero-order valence-electron chi connectivity index (χ0n) is 9.86. The molecule has 0 saturated carbocycles. The van der Waals surface area contributed by atoms with Gasteiger partial charge in [0.2, 0.25) is 5.91 Å². The summed E-state index contributed by atoms with van der Waals surface area (Å²) in [5.41, 5.74) is 6.98. The van der Waals surface area contributed by atoms with Crippen molar-refractivity contribution in [1.82, 2.24) is 5.32 Å². The maximum absolute atomic E-state index is 11.7. The zero-order valence-corrected chi connectivity index (χ0v) is 9.86. The molecule has 1 aromatic carbocycles. The van der Waals surface area contributed by atoms with Gasteiger partial charge in [-0.05, 0) is 17.7 Å². The number of amides is 1. The highest BCUT2D eigenvalue weighted by molar-refractivity contribution is 5.78. The average Bonchev–Trinajstić information content (AvgIpc) is 2.28. The molecule has 18 heavy (non-hydrogen) atoms. The Bertz CT molecular complexity index is 386. The second-order valence-electron chi connectivity index (χ2n) is 3.74. The number of carbonyl (C=O) groups excluding carboxylic acids is 1. The summed E-state index contributed by atoms with van der Waals surface area (Å²) in [7, 11) is 0. The number of alkyl halides is 2. The van der Waals surface area contributed by atoms with E-state index in [1.165, 1.54) is 0 Å². The Hall–Kier alpha value is -1.69. The van der Waals surface area contributed by atoms with E-state index >= 15 is 0 Å². The van der Waals surface area contributed by atoms with Crippen molar-refractivity contribution in [2.24, 2.45) is 0 Å². The molecule has 0 aliphatic carbocycles. The predicted molar refractivity (Wildman–Crippen MR) is 64.4 cm³/mol. The van der Waals surface area contributed by atoms with Crippen molar-refractivity contribution in [3.05, 3.63) is 29.8 Å². The number of nitrogens with one attached hydrogen (secondary N) is 1. The fraction of sp³-hybridized carbons (Fsp3) is 0.417. The van der Waals surface area contributed by atoms with Crippen molar-refractivity contribution in [1.29, 1.82) is 0 Å². The maximum atomic E-state index is 11.7. The van der Waals surface area contributed by atoms with Gasteiger partial charge in [0, 0.05) is 12.2 Å². The molecule has 0 bridgehead atoms. The Morgan fingerprint density at radius 3 is 2.89 bits per heavy atom. The van der Waals surface area contributed by atoms with Crippen LogP contribution in [0.4, 0.5) is 14.5 Å². The molecule has 0 radical (unpaired) electrons. The highest BCUT2D eigenvalue weighted by atomic mass is 19.3. The lowest BCUT2D eigenvalue weighted by Crippen LogP contribution is -2.29. The largest absolute Gasteiger partial charge is 0.399 e. The third kappa shape index (κ3) is 6.15. The van der Waals surface area contributed by atoms with Crippen LogP contribution in [-0.4, -0.2) is 32.1 Å². The summed E-state index contributed by atoms with van der Waals surface area (Å²) in [6.45, 7) is -0.314.